The predicted octanol–water partition coefficient (Wildman–Crippen LogP) is 3.59. The van der Waals surface area contributed by atoms with Gasteiger partial charge in [-0.25, -0.2) is 9.97 Å². The van der Waals surface area contributed by atoms with Crippen LogP contribution in [0.5, 0.6) is 0 Å². The summed E-state index contributed by atoms with van der Waals surface area (Å²) in [5.74, 6) is 1.87. The Morgan fingerprint density at radius 3 is 2.59 bits per heavy atom. The van der Waals surface area contributed by atoms with Gasteiger partial charge < -0.3 is 15.6 Å². The van der Waals surface area contributed by atoms with E-state index in [1.165, 1.54) is 9.88 Å². The van der Waals surface area contributed by atoms with E-state index in [-0.39, 0.29) is 24.0 Å². The van der Waals surface area contributed by atoms with Crippen molar-refractivity contribution < 1.29 is 0 Å². The number of thiazole rings is 1. The zero-order valence-corrected chi connectivity index (χ0v) is 19.1. The van der Waals surface area contributed by atoms with Crippen molar-refractivity contribution in [2.75, 3.05) is 20.1 Å². The lowest BCUT2D eigenvalue weighted by molar-refractivity contribution is 0.723. The molecular weight excluding hydrogens is 471 g/mol. The number of halogens is 1. The van der Waals surface area contributed by atoms with Crippen LogP contribution in [0, 0.1) is 13.8 Å². The van der Waals surface area contributed by atoms with Gasteiger partial charge in [0.05, 0.1) is 21.7 Å². The fraction of sp³-hybridized carbons (Fsp3) is 0.421. The smallest absolute Gasteiger partial charge is 0.190 e. The highest BCUT2D eigenvalue weighted by molar-refractivity contribution is 14.0. The number of aromatic amines is 1. The van der Waals surface area contributed by atoms with E-state index >= 15 is 0 Å². The van der Waals surface area contributed by atoms with Gasteiger partial charge in [0.25, 0.3) is 0 Å². The summed E-state index contributed by atoms with van der Waals surface area (Å²) < 4.78 is 0. The summed E-state index contributed by atoms with van der Waals surface area (Å²) in [6.45, 7) is 5.86. The second kappa shape index (κ2) is 10.6. The monoisotopic (exact) mass is 498 g/mol. The molecule has 0 saturated carbocycles. The van der Waals surface area contributed by atoms with Crippen molar-refractivity contribution in [1.82, 2.24) is 25.6 Å². The number of aryl methyl sites for hydroxylation is 3. The Morgan fingerprint density at radius 1 is 1.11 bits per heavy atom. The molecule has 0 unspecified atom stereocenters. The summed E-state index contributed by atoms with van der Waals surface area (Å²) >= 11 is 1.77. The van der Waals surface area contributed by atoms with E-state index in [1.54, 1.807) is 18.4 Å². The summed E-state index contributed by atoms with van der Waals surface area (Å²) in [4.78, 5) is 18.1. The lowest BCUT2D eigenvalue weighted by Crippen LogP contribution is -2.38. The van der Waals surface area contributed by atoms with Gasteiger partial charge in [-0.1, -0.05) is 12.1 Å². The third-order valence-corrected chi connectivity index (χ3v) is 5.38. The van der Waals surface area contributed by atoms with Crippen LogP contribution in [0.25, 0.3) is 11.0 Å². The zero-order chi connectivity index (χ0) is 18.4. The number of nitrogens with zero attached hydrogens (tertiary/aromatic N) is 3. The topological polar surface area (TPSA) is 78.0 Å². The van der Waals surface area contributed by atoms with E-state index in [0.717, 1.165) is 60.9 Å². The average molecular weight is 498 g/mol. The number of hydrogen-bond acceptors (Lipinski definition) is 4. The quantitative estimate of drug-likeness (QED) is 0.201. The molecule has 3 rings (SSSR count). The summed E-state index contributed by atoms with van der Waals surface area (Å²) in [6.07, 6.45) is 2.82. The number of hydrogen-bond donors (Lipinski definition) is 3. The summed E-state index contributed by atoms with van der Waals surface area (Å²) in [5, 5.41) is 7.88. The molecule has 3 N–H and O–H groups in total. The second-order valence-electron chi connectivity index (χ2n) is 6.23. The molecule has 27 heavy (non-hydrogen) atoms. The molecule has 0 atom stereocenters. The highest BCUT2D eigenvalue weighted by Gasteiger charge is 2.05. The Morgan fingerprint density at radius 2 is 1.89 bits per heavy atom. The number of aromatic nitrogens is 3. The van der Waals surface area contributed by atoms with Crippen molar-refractivity contribution >= 4 is 52.3 Å². The van der Waals surface area contributed by atoms with Gasteiger partial charge in [-0.2, -0.15) is 0 Å². The number of guanidine groups is 1. The molecule has 0 saturated heterocycles. The van der Waals surface area contributed by atoms with Crippen molar-refractivity contribution in [1.29, 1.82) is 0 Å². The fourth-order valence-corrected chi connectivity index (χ4v) is 3.67. The average Bonchev–Trinajstić information content (AvgIpc) is 3.19. The van der Waals surface area contributed by atoms with E-state index < -0.39 is 0 Å². The molecule has 146 valence electrons. The molecule has 6 nitrogen and oxygen atoms in total. The lowest BCUT2D eigenvalue weighted by Gasteiger charge is -2.10. The minimum Gasteiger partial charge on any atom is -0.356 e. The van der Waals surface area contributed by atoms with Crippen molar-refractivity contribution in [3.63, 3.8) is 0 Å². The molecule has 0 aliphatic carbocycles. The second-order valence-corrected chi connectivity index (χ2v) is 7.52. The first-order chi connectivity index (χ1) is 12.7. The zero-order valence-electron chi connectivity index (χ0n) is 16.0. The van der Waals surface area contributed by atoms with Gasteiger partial charge in [0.2, 0.25) is 0 Å². The third-order valence-electron chi connectivity index (χ3n) is 4.25. The summed E-state index contributed by atoms with van der Waals surface area (Å²) in [5.41, 5.74) is 3.26. The van der Waals surface area contributed by atoms with Crippen molar-refractivity contribution in [2.45, 2.75) is 33.1 Å². The van der Waals surface area contributed by atoms with Gasteiger partial charge in [0, 0.05) is 37.9 Å². The fourth-order valence-electron chi connectivity index (χ4n) is 2.74. The number of H-pyrrole nitrogens is 1. The first-order valence-electron chi connectivity index (χ1n) is 8.97. The first kappa shape index (κ1) is 21.6. The minimum absolute atomic E-state index is 0. The number of para-hydroxylation sites is 2. The maximum absolute atomic E-state index is 4.61. The molecule has 3 aromatic rings. The van der Waals surface area contributed by atoms with Crippen LogP contribution in [-0.2, 0) is 12.8 Å². The summed E-state index contributed by atoms with van der Waals surface area (Å²) in [6, 6.07) is 8.13. The number of rotatable bonds is 7. The molecule has 0 bridgehead atoms. The Kier molecular flexibility index (Phi) is 8.49. The van der Waals surface area contributed by atoms with Crippen molar-refractivity contribution in [3.8, 4) is 0 Å². The van der Waals surface area contributed by atoms with E-state index in [1.807, 2.05) is 18.2 Å². The molecule has 0 fully saturated rings. The van der Waals surface area contributed by atoms with Gasteiger partial charge in [0.1, 0.15) is 5.82 Å². The maximum Gasteiger partial charge on any atom is 0.190 e. The SMILES string of the molecule is CN=C(NCCCc1nc2ccccc2[nH]1)NCCc1nc(C)c(C)s1.I. The van der Waals surface area contributed by atoms with Gasteiger partial charge in [-0.3, -0.25) is 4.99 Å². The van der Waals surface area contributed by atoms with Crippen LogP contribution in [0.1, 0.15) is 27.8 Å². The molecule has 2 heterocycles. The Hall–Kier alpha value is -1.68. The number of nitrogens with one attached hydrogen (secondary N) is 3. The molecule has 0 aliphatic heterocycles. The first-order valence-corrected chi connectivity index (χ1v) is 9.78. The lowest BCUT2D eigenvalue weighted by atomic mass is 10.3. The number of imidazole rings is 1. The van der Waals surface area contributed by atoms with E-state index in [0.29, 0.717) is 0 Å². The minimum atomic E-state index is 0. The number of benzene rings is 1. The molecule has 1 aromatic carbocycles. The van der Waals surface area contributed by atoms with Crippen LogP contribution in [0.15, 0.2) is 29.3 Å². The van der Waals surface area contributed by atoms with Crippen LogP contribution in [0.4, 0.5) is 0 Å². The van der Waals surface area contributed by atoms with E-state index in [9.17, 15) is 0 Å². The molecular formula is C19H27IN6S. The molecule has 2 aromatic heterocycles. The molecule has 0 aliphatic rings. The standard InChI is InChI=1S/C19H26N6S.HI/c1-13-14(2)26-18(23-13)10-12-22-19(20-3)21-11-6-9-17-24-15-7-4-5-8-16(15)25-17;/h4-5,7-8H,6,9-12H2,1-3H3,(H,24,25)(H2,20,21,22);1H. The predicted molar refractivity (Wildman–Crippen MR) is 124 cm³/mol. The highest BCUT2D eigenvalue weighted by Crippen LogP contribution is 2.16. The largest absolute Gasteiger partial charge is 0.356 e. The summed E-state index contributed by atoms with van der Waals surface area (Å²) in [7, 11) is 1.80. The van der Waals surface area contributed by atoms with Gasteiger partial charge >= 0.3 is 0 Å². The number of fused-ring (bicyclic) bond motifs is 1. The molecule has 0 radical (unpaired) electrons. The Bertz CT molecular complexity index is 833. The Balaban J connectivity index is 0.00000261. The number of aliphatic imine (C=N–C) groups is 1. The normalized spacial score (nSPS) is 11.4. The third kappa shape index (κ3) is 6.17. The van der Waals surface area contributed by atoms with E-state index in [2.05, 4.69) is 50.5 Å². The van der Waals surface area contributed by atoms with Gasteiger partial charge in [-0.05, 0) is 32.4 Å². The van der Waals surface area contributed by atoms with Crippen molar-refractivity contribution in [2.24, 2.45) is 4.99 Å². The molecule has 0 spiro atoms. The van der Waals surface area contributed by atoms with Crippen LogP contribution < -0.4 is 10.6 Å². The maximum atomic E-state index is 4.61. The van der Waals surface area contributed by atoms with Gasteiger partial charge in [-0.15, -0.1) is 35.3 Å². The van der Waals surface area contributed by atoms with Crippen LogP contribution in [0.3, 0.4) is 0 Å². The highest BCUT2D eigenvalue weighted by atomic mass is 127. The van der Waals surface area contributed by atoms with Crippen LogP contribution in [0.2, 0.25) is 0 Å². The molecule has 8 heteroatoms. The van der Waals surface area contributed by atoms with Crippen LogP contribution in [-0.4, -0.2) is 41.0 Å². The van der Waals surface area contributed by atoms with Crippen molar-refractivity contribution in [3.05, 3.63) is 45.7 Å². The van der Waals surface area contributed by atoms with E-state index in [4.69, 9.17) is 0 Å². The van der Waals surface area contributed by atoms with Gasteiger partial charge in [0.15, 0.2) is 5.96 Å². The van der Waals surface area contributed by atoms with Crippen LogP contribution >= 0.6 is 35.3 Å². The Labute approximate surface area is 181 Å². The molecule has 0 amide bonds.